The Balaban J connectivity index is 1.92. The van der Waals surface area contributed by atoms with Crippen molar-refractivity contribution < 1.29 is 68.1 Å². The number of carboxylic acids is 2. The molecule has 0 aliphatic heterocycles. The maximum absolute atomic E-state index is 14.5. The van der Waals surface area contributed by atoms with Crippen LogP contribution in [0, 0.1) is 17.8 Å². The van der Waals surface area contributed by atoms with E-state index in [1.807, 2.05) is 0 Å². The Kier molecular flexibility index (Phi) is 29.6. The number of carboxylic acid groups (broad SMARTS) is 2. The van der Waals surface area contributed by atoms with E-state index in [1.165, 1.54) is 24.3 Å². The lowest BCUT2D eigenvalue weighted by Gasteiger charge is -2.29. The lowest BCUT2D eigenvalue weighted by molar-refractivity contribution is -0.142. The maximum atomic E-state index is 14.5. The molecule has 0 spiro atoms. The summed E-state index contributed by atoms with van der Waals surface area (Å²) in [4.78, 5) is 149. The predicted octanol–water partition coefficient (Wildman–Crippen LogP) is 0.299. The average molecular weight is 1190 g/mol. The fourth-order valence-corrected chi connectivity index (χ4v) is 8.76. The number of thiol groups is 2. The highest BCUT2D eigenvalue weighted by Crippen LogP contribution is 2.16. The highest BCUT2D eigenvalue weighted by molar-refractivity contribution is 7.80. The lowest BCUT2D eigenvalue weighted by atomic mass is 9.95. The van der Waals surface area contributed by atoms with Crippen LogP contribution in [0.25, 0.3) is 0 Å². The number of amides is 9. The van der Waals surface area contributed by atoms with Crippen molar-refractivity contribution in [2.45, 2.75) is 141 Å². The number of aromatic hydroxyl groups is 1. The van der Waals surface area contributed by atoms with E-state index in [4.69, 9.17) is 5.73 Å². The minimum Gasteiger partial charge on any atom is -0.508 e. The topological polar surface area (TPSA) is 383 Å². The van der Waals surface area contributed by atoms with Gasteiger partial charge >= 0.3 is 11.9 Å². The Morgan fingerprint density at radius 1 is 0.470 bits per heavy atom. The molecule has 0 aromatic heterocycles. The lowest BCUT2D eigenvalue weighted by Crippen LogP contribution is -2.61. The predicted molar refractivity (Wildman–Crippen MR) is 314 cm³/mol. The van der Waals surface area contributed by atoms with E-state index in [-0.39, 0.29) is 48.9 Å². The molecule has 0 aliphatic carbocycles. The van der Waals surface area contributed by atoms with Crippen molar-refractivity contribution in [1.82, 2.24) is 47.9 Å². The Bertz CT molecular complexity index is 2670. The molecule has 9 amide bonds. The molecule has 0 radical (unpaired) electrons. The molecule has 0 unspecified atom stereocenters. The van der Waals surface area contributed by atoms with Crippen LogP contribution < -0.4 is 53.6 Å². The van der Waals surface area contributed by atoms with Crippen molar-refractivity contribution >= 4 is 90.4 Å². The molecule has 0 saturated heterocycles. The molecule has 83 heavy (non-hydrogen) atoms. The minimum atomic E-state index is -1.81. The van der Waals surface area contributed by atoms with Crippen molar-refractivity contribution in [2.24, 2.45) is 23.5 Å². The fourth-order valence-electron chi connectivity index (χ4n) is 8.34. The monoisotopic (exact) mass is 1190 g/mol. The third kappa shape index (κ3) is 24.0. The Morgan fingerprint density at radius 2 is 0.867 bits per heavy atom. The zero-order valence-corrected chi connectivity index (χ0v) is 49.2. The zero-order chi connectivity index (χ0) is 61.9. The molecule has 26 heteroatoms. The van der Waals surface area contributed by atoms with Crippen molar-refractivity contribution in [3.8, 4) is 5.75 Å². The second-order valence-electron chi connectivity index (χ2n) is 20.7. The van der Waals surface area contributed by atoms with Crippen LogP contribution in [-0.2, 0) is 72.0 Å². The highest BCUT2D eigenvalue weighted by Gasteiger charge is 2.37. The van der Waals surface area contributed by atoms with Gasteiger partial charge in [-0.15, -0.1) is 0 Å². The number of aliphatic carboxylic acids is 2. The third-order valence-electron chi connectivity index (χ3n) is 13.6. The summed E-state index contributed by atoms with van der Waals surface area (Å²) in [7, 11) is 0. The van der Waals surface area contributed by atoms with Gasteiger partial charge in [0.05, 0.1) is 19.0 Å². The fraction of sp³-hybridized carbons (Fsp3) is 0.491. The number of benzene rings is 3. The molecule has 3 aromatic carbocycles. The van der Waals surface area contributed by atoms with Crippen molar-refractivity contribution in [3.05, 3.63) is 102 Å². The number of phenolic OH excluding ortho intramolecular Hbond substituents is 1. The van der Waals surface area contributed by atoms with Crippen LogP contribution in [0.3, 0.4) is 0 Å². The normalized spacial score (nSPS) is 15.1. The number of hydrogen-bond acceptors (Lipinski definition) is 15. The van der Waals surface area contributed by atoms with Crippen molar-refractivity contribution in [1.29, 1.82) is 0 Å². The van der Waals surface area contributed by atoms with Crippen LogP contribution in [0.4, 0.5) is 0 Å². The Morgan fingerprint density at radius 3 is 1.30 bits per heavy atom. The van der Waals surface area contributed by atoms with E-state index in [0.717, 1.165) is 0 Å². The second kappa shape index (κ2) is 35.3. The molecule has 0 fully saturated rings. The van der Waals surface area contributed by atoms with E-state index in [0.29, 0.717) is 29.5 Å². The van der Waals surface area contributed by atoms with E-state index in [1.54, 1.807) is 102 Å². The molecule has 454 valence electrons. The molecule has 0 saturated carbocycles. The number of phenols is 1. The SMILES string of the molecule is CC[C@H](C)[C@H](NC(=O)[C@H](Cc1ccc(O)cc1)NC(=O)[C@H](Cc1ccccc1)NC(=O)CNC(=O)[C@H](CC(=O)O)NC(=O)[C@H](Cc1ccccc1)NC(=O)[C@@H](NC(=O)[C@@H](N)CS)[C@@H](C)CC)C(=O)N[C@@H](CC(C)C)C(=O)N[C@@H](CS)C(=O)O. The van der Waals surface area contributed by atoms with Gasteiger partial charge in [-0.05, 0) is 53.0 Å². The smallest absolute Gasteiger partial charge is 0.327 e. The molecule has 11 atom stereocenters. The largest absolute Gasteiger partial charge is 0.508 e. The summed E-state index contributed by atoms with van der Waals surface area (Å²) in [5, 5.41) is 52.4. The van der Waals surface area contributed by atoms with Gasteiger partial charge in [-0.1, -0.05) is 127 Å². The van der Waals surface area contributed by atoms with Crippen LogP contribution in [0.1, 0.15) is 83.9 Å². The molecule has 0 bridgehead atoms. The van der Waals surface area contributed by atoms with Crippen LogP contribution in [0.2, 0.25) is 0 Å². The van der Waals surface area contributed by atoms with Gasteiger partial charge in [-0.2, -0.15) is 25.3 Å². The first kappa shape index (κ1) is 69.6. The molecule has 3 aromatic rings. The summed E-state index contributed by atoms with van der Waals surface area (Å²) < 4.78 is 0. The van der Waals surface area contributed by atoms with Gasteiger partial charge in [0.15, 0.2) is 0 Å². The van der Waals surface area contributed by atoms with Gasteiger partial charge in [0.2, 0.25) is 53.2 Å². The summed E-state index contributed by atoms with van der Waals surface area (Å²) in [5.41, 5.74) is 7.43. The van der Waals surface area contributed by atoms with E-state index in [2.05, 4.69) is 73.1 Å². The second-order valence-corrected chi connectivity index (χ2v) is 21.4. The van der Waals surface area contributed by atoms with Crippen molar-refractivity contribution in [3.63, 3.8) is 0 Å². The molecule has 0 heterocycles. The van der Waals surface area contributed by atoms with Gasteiger partial charge in [0.1, 0.15) is 54.1 Å². The van der Waals surface area contributed by atoms with Gasteiger partial charge in [0, 0.05) is 30.8 Å². The minimum absolute atomic E-state index is 0.0177. The zero-order valence-electron chi connectivity index (χ0n) is 47.4. The summed E-state index contributed by atoms with van der Waals surface area (Å²) in [5.74, 6) is -12.1. The molecule has 24 nitrogen and oxygen atoms in total. The van der Waals surface area contributed by atoms with E-state index in [9.17, 15) is 68.1 Å². The highest BCUT2D eigenvalue weighted by atomic mass is 32.1. The first-order chi connectivity index (χ1) is 39.3. The summed E-state index contributed by atoms with van der Waals surface area (Å²) >= 11 is 8.07. The summed E-state index contributed by atoms with van der Waals surface area (Å²) in [6, 6.07) is 10.4. The standard InChI is InChI=1S/C57H80N10O14S2/c1-7-32(5)47(66-49(72)38(58)29-82)55(78)64-41(25-35-17-13-10-14-18-35)53(76)62-43(27-46(70)71)50(73)59-28-45(69)60-40(24-34-15-11-9-12-16-34)52(75)61-42(26-36-19-21-37(68)22-20-36)54(77)67-48(33(6)8-2)56(79)63-39(23-31(3)4)51(74)65-44(30-83)57(80)81/h9-22,31-33,38-44,47-48,68,82-83H,7-8,23-30,58H2,1-6H3,(H,59,73)(H,60,69)(H,61,75)(H,62,76)(H,63,79)(H,64,78)(H,65,74)(H,66,72)(H,67,77)(H,70,71)(H,80,81)/t32-,33-,38-,39-,40-,41-,42-,43-,44-,47-,48-/m0/s1. The van der Waals surface area contributed by atoms with Crippen LogP contribution in [0.5, 0.6) is 5.75 Å². The van der Waals surface area contributed by atoms with Crippen LogP contribution in [-0.4, -0.2) is 153 Å². The van der Waals surface area contributed by atoms with E-state index >= 15 is 0 Å². The molecule has 3 rings (SSSR count). The Hall–Kier alpha value is -7.71. The van der Waals surface area contributed by atoms with Gasteiger partial charge in [-0.3, -0.25) is 47.9 Å². The molecular formula is C57H80N10O14S2. The number of rotatable bonds is 35. The summed E-state index contributed by atoms with van der Waals surface area (Å²) in [6.07, 6.45) is -0.603. The number of carbonyl (C=O) groups excluding carboxylic acids is 9. The number of nitrogens with one attached hydrogen (secondary N) is 9. The van der Waals surface area contributed by atoms with Gasteiger partial charge in [0.25, 0.3) is 0 Å². The number of nitrogens with two attached hydrogens (primary N) is 1. The quantitative estimate of drug-likeness (QED) is 0.0352. The first-order valence-electron chi connectivity index (χ1n) is 27.3. The van der Waals surface area contributed by atoms with Gasteiger partial charge in [-0.25, -0.2) is 4.79 Å². The van der Waals surface area contributed by atoms with Crippen LogP contribution >= 0.6 is 25.3 Å². The number of carbonyl (C=O) groups is 11. The first-order valence-corrected chi connectivity index (χ1v) is 28.5. The number of hydrogen-bond donors (Lipinski definition) is 15. The van der Waals surface area contributed by atoms with Gasteiger partial charge < -0.3 is 68.9 Å². The van der Waals surface area contributed by atoms with Crippen LogP contribution in [0.15, 0.2) is 84.9 Å². The molecular weight excluding hydrogens is 1110 g/mol. The average Bonchev–Trinajstić information content (AvgIpc) is 3.56. The third-order valence-corrected chi connectivity index (χ3v) is 14.3. The van der Waals surface area contributed by atoms with Crippen molar-refractivity contribution in [2.75, 3.05) is 18.1 Å². The summed E-state index contributed by atoms with van der Waals surface area (Å²) in [6.45, 7) is 9.67. The molecule has 0 aliphatic rings. The Labute approximate surface area is 494 Å². The maximum Gasteiger partial charge on any atom is 0.327 e. The molecule has 14 N–H and O–H groups in total. The van der Waals surface area contributed by atoms with E-state index < -0.39 is 144 Å².